The molecule has 1 aromatic heterocycles. The van der Waals surface area contributed by atoms with Crippen LogP contribution in [0.25, 0.3) is 0 Å². The molecule has 0 atom stereocenters. The van der Waals surface area contributed by atoms with Crippen molar-refractivity contribution in [2.75, 3.05) is 13.7 Å². The van der Waals surface area contributed by atoms with Crippen molar-refractivity contribution in [3.05, 3.63) is 63.8 Å². The first-order valence-electron chi connectivity index (χ1n) is 6.70. The zero-order valence-electron chi connectivity index (χ0n) is 12.1. The number of hydrogen-bond donors (Lipinski definition) is 1. The molecule has 0 aliphatic carbocycles. The predicted octanol–water partition coefficient (Wildman–Crippen LogP) is 0.959. The molecule has 0 aliphatic rings. The van der Waals surface area contributed by atoms with E-state index in [1.54, 1.807) is 12.1 Å². The third-order valence-corrected chi connectivity index (χ3v) is 2.95. The van der Waals surface area contributed by atoms with Crippen molar-refractivity contribution in [1.82, 2.24) is 15.1 Å². The summed E-state index contributed by atoms with van der Waals surface area (Å²) in [6.45, 7) is 0.761. The number of aromatic nitrogens is 2. The molecule has 0 bridgehead atoms. The van der Waals surface area contributed by atoms with Crippen LogP contribution in [0.15, 0.2) is 41.2 Å². The molecule has 0 saturated heterocycles. The van der Waals surface area contributed by atoms with Gasteiger partial charge in [-0.2, -0.15) is 5.10 Å². The van der Waals surface area contributed by atoms with Gasteiger partial charge in [0.1, 0.15) is 11.5 Å². The molecular formula is C15H16FN3O3. The fraction of sp³-hybridized carbons (Fsp3) is 0.267. The Balaban J connectivity index is 2.04. The van der Waals surface area contributed by atoms with Gasteiger partial charge < -0.3 is 10.1 Å². The van der Waals surface area contributed by atoms with Gasteiger partial charge in [0.2, 0.25) is 0 Å². The van der Waals surface area contributed by atoms with E-state index in [1.807, 2.05) is 0 Å². The highest BCUT2D eigenvalue weighted by atomic mass is 19.1. The Morgan fingerprint density at radius 2 is 2.18 bits per heavy atom. The fourth-order valence-corrected chi connectivity index (χ4v) is 1.83. The maximum absolute atomic E-state index is 13.1. The zero-order chi connectivity index (χ0) is 15.9. The van der Waals surface area contributed by atoms with Crippen molar-refractivity contribution in [3.8, 4) is 0 Å². The third-order valence-electron chi connectivity index (χ3n) is 2.95. The average Bonchev–Trinajstić information content (AvgIpc) is 2.52. The minimum atomic E-state index is -0.435. The lowest BCUT2D eigenvalue weighted by atomic mass is 10.2. The van der Waals surface area contributed by atoms with Crippen molar-refractivity contribution in [2.45, 2.75) is 13.1 Å². The molecule has 1 heterocycles. The number of ether oxygens (including phenoxy) is 1. The largest absolute Gasteiger partial charge is 0.383 e. The van der Waals surface area contributed by atoms with Crippen LogP contribution in [0.2, 0.25) is 0 Å². The Labute approximate surface area is 126 Å². The molecule has 0 fully saturated rings. The lowest BCUT2D eigenvalue weighted by Crippen LogP contribution is -2.30. The first kappa shape index (κ1) is 15.8. The Morgan fingerprint density at radius 1 is 1.36 bits per heavy atom. The highest BCUT2D eigenvalue weighted by Crippen LogP contribution is 2.03. The second kappa shape index (κ2) is 7.46. The molecule has 116 valence electrons. The molecule has 0 aliphatic heterocycles. The van der Waals surface area contributed by atoms with Crippen LogP contribution in [0.4, 0.5) is 4.39 Å². The lowest BCUT2D eigenvalue weighted by Gasteiger charge is -2.07. The van der Waals surface area contributed by atoms with Gasteiger partial charge in [0.05, 0.1) is 13.2 Å². The molecule has 0 saturated carbocycles. The molecule has 0 spiro atoms. The quantitative estimate of drug-likeness (QED) is 0.862. The van der Waals surface area contributed by atoms with Gasteiger partial charge in [0.15, 0.2) is 0 Å². The van der Waals surface area contributed by atoms with Crippen molar-refractivity contribution in [2.24, 2.45) is 0 Å². The number of halogens is 1. The van der Waals surface area contributed by atoms with Crippen molar-refractivity contribution in [3.63, 3.8) is 0 Å². The van der Waals surface area contributed by atoms with E-state index in [-0.39, 0.29) is 30.2 Å². The van der Waals surface area contributed by atoms with Crippen LogP contribution in [0.1, 0.15) is 16.1 Å². The monoisotopic (exact) mass is 305 g/mol. The van der Waals surface area contributed by atoms with Crippen molar-refractivity contribution in [1.29, 1.82) is 0 Å². The summed E-state index contributed by atoms with van der Waals surface area (Å²) in [4.78, 5) is 23.6. The number of nitrogens with one attached hydrogen (secondary N) is 1. The third kappa shape index (κ3) is 4.23. The van der Waals surface area contributed by atoms with Crippen molar-refractivity contribution < 1.29 is 13.9 Å². The fourth-order valence-electron chi connectivity index (χ4n) is 1.83. The Kier molecular flexibility index (Phi) is 5.37. The molecule has 6 nitrogen and oxygen atoms in total. The SMILES string of the molecule is COCCn1nc(C(=O)NCc2cccc(F)c2)ccc1=O. The smallest absolute Gasteiger partial charge is 0.271 e. The lowest BCUT2D eigenvalue weighted by molar-refractivity contribution is 0.0942. The molecule has 7 heteroatoms. The van der Waals surface area contributed by atoms with E-state index in [9.17, 15) is 14.0 Å². The molecule has 1 amide bonds. The first-order chi connectivity index (χ1) is 10.6. The summed E-state index contributed by atoms with van der Waals surface area (Å²) in [6, 6.07) is 8.58. The zero-order valence-corrected chi connectivity index (χ0v) is 12.1. The highest BCUT2D eigenvalue weighted by molar-refractivity contribution is 5.91. The van der Waals surface area contributed by atoms with E-state index >= 15 is 0 Å². The maximum Gasteiger partial charge on any atom is 0.271 e. The average molecular weight is 305 g/mol. The second-order valence-corrected chi connectivity index (χ2v) is 4.59. The summed E-state index contributed by atoms with van der Waals surface area (Å²) < 4.78 is 19.1. The first-order valence-corrected chi connectivity index (χ1v) is 6.70. The standard InChI is InChI=1S/C15H16FN3O3/c1-22-8-7-19-14(20)6-5-13(18-19)15(21)17-10-11-3-2-4-12(16)9-11/h2-6,9H,7-8,10H2,1H3,(H,17,21). The molecule has 1 N–H and O–H groups in total. The molecule has 22 heavy (non-hydrogen) atoms. The van der Waals surface area contributed by atoms with Crippen LogP contribution in [-0.2, 0) is 17.8 Å². The number of carbonyl (C=O) groups is 1. The van der Waals surface area contributed by atoms with E-state index in [2.05, 4.69) is 10.4 Å². The normalized spacial score (nSPS) is 10.5. The topological polar surface area (TPSA) is 73.2 Å². The van der Waals surface area contributed by atoms with Crippen molar-refractivity contribution >= 4 is 5.91 Å². The summed E-state index contributed by atoms with van der Waals surface area (Å²) in [5.74, 6) is -0.798. The van der Waals surface area contributed by atoms with Crippen LogP contribution in [0.5, 0.6) is 0 Å². The number of methoxy groups -OCH3 is 1. The second-order valence-electron chi connectivity index (χ2n) is 4.59. The minimum absolute atomic E-state index is 0.118. The summed E-state index contributed by atoms with van der Waals surface area (Å²) in [6.07, 6.45) is 0. The molecule has 2 rings (SSSR count). The van der Waals surface area contributed by atoms with Gasteiger partial charge in [0.25, 0.3) is 11.5 Å². The number of benzene rings is 1. The van der Waals surface area contributed by atoms with Crippen LogP contribution in [0, 0.1) is 5.82 Å². The Bertz CT molecular complexity index is 715. The van der Waals surface area contributed by atoms with Crippen LogP contribution < -0.4 is 10.9 Å². The Hall–Kier alpha value is -2.54. The van der Waals surface area contributed by atoms with Gasteiger partial charge in [-0.05, 0) is 23.8 Å². The number of carbonyl (C=O) groups excluding carboxylic acids is 1. The molecule has 0 unspecified atom stereocenters. The summed E-state index contributed by atoms with van der Waals surface area (Å²) >= 11 is 0. The number of hydrogen-bond acceptors (Lipinski definition) is 4. The van der Waals surface area contributed by atoms with E-state index in [0.717, 1.165) is 0 Å². The summed E-state index contributed by atoms with van der Waals surface area (Å²) in [7, 11) is 1.51. The van der Waals surface area contributed by atoms with E-state index in [0.29, 0.717) is 12.2 Å². The number of amides is 1. The summed E-state index contributed by atoms with van der Waals surface area (Å²) in [5, 5.41) is 6.61. The highest BCUT2D eigenvalue weighted by Gasteiger charge is 2.09. The van der Waals surface area contributed by atoms with Gasteiger partial charge in [-0.25, -0.2) is 9.07 Å². The Morgan fingerprint density at radius 3 is 2.91 bits per heavy atom. The maximum atomic E-state index is 13.1. The van der Waals surface area contributed by atoms with Crippen LogP contribution >= 0.6 is 0 Å². The van der Waals surface area contributed by atoms with Gasteiger partial charge in [-0.1, -0.05) is 12.1 Å². The molecular weight excluding hydrogens is 289 g/mol. The molecule has 1 aromatic carbocycles. The van der Waals surface area contributed by atoms with Crippen LogP contribution in [0.3, 0.4) is 0 Å². The van der Waals surface area contributed by atoms with Gasteiger partial charge in [0, 0.05) is 19.7 Å². The summed E-state index contributed by atoms with van der Waals surface area (Å²) in [5.41, 5.74) is 0.451. The molecule has 0 radical (unpaired) electrons. The van der Waals surface area contributed by atoms with Gasteiger partial charge in [-0.15, -0.1) is 0 Å². The van der Waals surface area contributed by atoms with E-state index in [1.165, 1.54) is 36.1 Å². The number of rotatable bonds is 6. The predicted molar refractivity (Wildman–Crippen MR) is 77.9 cm³/mol. The van der Waals surface area contributed by atoms with E-state index < -0.39 is 5.91 Å². The van der Waals surface area contributed by atoms with Gasteiger partial charge >= 0.3 is 0 Å². The minimum Gasteiger partial charge on any atom is -0.383 e. The van der Waals surface area contributed by atoms with Gasteiger partial charge in [-0.3, -0.25) is 9.59 Å². The number of nitrogens with zero attached hydrogens (tertiary/aromatic N) is 2. The molecule has 2 aromatic rings. The van der Waals surface area contributed by atoms with E-state index in [4.69, 9.17) is 4.74 Å². The van der Waals surface area contributed by atoms with Crippen LogP contribution in [-0.4, -0.2) is 29.4 Å².